The van der Waals surface area contributed by atoms with Gasteiger partial charge in [-0.05, 0) is 5.04 Å². The predicted molar refractivity (Wildman–Crippen MR) is 90.1 cm³/mol. The number of rotatable bonds is 4. The third-order valence-electron chi connectivity index (χ3n) is 4.23. The second kappa shape index (κ2) is 5.86. The minimum absolute atomic E-state index is 0.0892. The van der Waals surface area contributed by atoms with Crippen molar-refractivity contribution in [3.8, 4) is 0 Å². The summed E-state index contributed by atoms with van der Waals surface area (Å²) in [5.41, 5.74) is 0. The van der Waals surface area contributed by atoms with Gasteiger partial charge in [0.2, 0.25) is 0 Å². The summed E-state index contributed by atoms with van der Waals surface area (Å²) in [6.45, 7) is 6.51. The van der Waals surface area contributed by atoms with Gasteiger partial charge < -0.3 is 5.11 Å². The average Bonchev–Trinajstić information content (AvgIpc) is 2.45. The zero-order valence-corrected chi connectivity index (χ0v) is 13.8. The highest BCUT2D eigenvalue weighted by Crippen LogP contribution is 2.38. The van der Waals surface area contributed by atoms with Gasteiger partial charge in [-0.2, -0.15) is 0 Å². The van der Waals surface area contributed by atoms with Crippen LogP contribution in [-0.2, 0) is 4.79 Å². The highest BCUT2D eigenvalue weighted by atomic mass is 28.3. The Morgan fingerprint density at radius 3 is 1.57 bits per heavy atom. The molecule has 0 aliphatic heterocycles. The minimum atomic E-state index is -2.41. The second-order valence-electron chi connectivity index (χ2n) is 6.46. The van der Waals surface area contributed by atoms with E-state index < -0.39 is 14.0 Å². The molecule has 0 radical (unpaired) electrons. The molecule has 2 rings (SSSR count). The topological polar surface area (TPSA) is 37.3 Å². The molecule has 0 aliphatic rings. The average molecular weight is 298 g/mol. The van der Waals surface area contributed by atoms with Crippen LogP contribution in [0.4, 0.5) is 0 Å². The lowest BCUT2D eigenvalue weighted by molar-refractivity contribution is -0.134. The summed E-state index contributed by atoms with van der Waals surface area (Å²) in [6.07, 6.45) is 0. The Morgan fingerprint density at radius 1 is 0.905 bits per heavy atom. The van der Waals surface area contributed by atoms with Crippen molar-refractivity contribution in [3.05, 3.63) is 60.7 Å². The highest BCUT2D eigenvalue weighted by Gasteiger charge is 2.48. The van der Waals surface area contributed by atoms with Crippen LogP contribution in [0.5, 0.6) is 0 Å². The van der Waals surface area contributed by atoms with E-state index in [0.717, 1.165) is 0 Å². The van der Waals surface area contributed by atoms with Gasteiger partial charge in [-0.25, -0.2) is 0 Å². The van der Waals surface area contributed by atoms with Gasteiger partial charge >= 0.3 is 5.97 Å². The summed E-state index contributed by atoms with van der Waals surface area (Å²) in [5.74, 6) is -0.718. The quantitative estimate of drug-likeness (QED) is 0.881. The van der Waals surface area contributed by atoms with Gasteiger partial charge in [0.1, 0.15) is 8.07 Å². The first-order valence-electron chi connectivity index (χ1n) is 7.21. The maximum absolute atomic E-state index is 11.6. The Kier molecular flexibility index (Phi) is 4.33. The first-order valence-corrected chi connectivity index (χ1v) is 9.41. The molecule has 2 aromatic carbocycles. The van der Waals surface area contributed by atoms with Gasteiger partial charge in [0.05, 0.1) is 0 Å². The van der Waals surface area contributed by atoms with Crippen molar-refractivity contribution in [1.82, 2.24) is 0 Å². The number of carboxylic acid groups (broad SMARTS) is 1. The van der Waals surface area contributed by atoms with Crippen molar-refractivity contribution in [2.45, 2.75) is 31.9 Å². The lowest BCUT2D eigenvalue weighted by atomic mass is 10.2. The van der Waals surface area contributed by atoms with E-state index in [9.17, 15) is 9.90 Å². The Bertz CT molecular complexity index is 561. The van der Waals surface area contributed by atoms with Crippen molar-refractivity contribution in [2.24, 2.45) is 0 Å². The number of benzene rings is 2. The summed E-state index contributed by atoms with van der Waals surface area (Å²) in [6, 6.07) is 20.6. The van der Waals surface area contributed by atoms with Crippen LogP contribution >= 0.6 is 0 Å². The lowest BCUT2D eigenvalue weighted by Crippen LogP contribution is -2.65. The van der Waals surface area contributed by atoms with Crippen molar-refractivity contribution >= 4 is 24.4 Å². The van der Waals surface area contributed by atoms with Crippen molar-refractivity contribution in [3.63, 3.8) is 0 Å². The molecule has 0 aliphatic carbocycles. The summed E-state index contributed by atoms with van der Waals surface area (Å²) >= 11 is 0. The third-order valence-corrected chi connectivity index (χ3v) is 10.3. The maximum Gasteiger partial charge on any atom is 0.301 e. The van der Waals surface area contributed by atoms with Crippen LogP contribution in [0.25, 0.3) is 0 Å². The fraction of sp³-hybridized carbons (Fsp3) is 0.278. The van der Waals surface area contributed by atoms with Crippen LogP contribution in [0.3, 0.4) is 0 Å². The molecule has 2 aromatic rings. The Balaban J connectivity index is 2.75. The predicted octanol–water partition coefficient (Wildman–Crippen LogP) is 3.13. The van der Waals surface area contributed by atoms with Gasteiger partial charge in [-0.15, -0.1) is 0 Å². The summed E-state index contributed by atoms with van der Waals surface area (Å²) in [7, 11) is -2.41. The van der Waals surface area contributed by atoms with E-state index >= 15 is 0 Å². The summed E-state index contributed by atoms with van der Waals surface area (Å²) in [4.78, 5) is 11.6. The Hall–Kier alpha value is -1.87. The number of aliphatic carboxylic acids is 1. The molecule has 0 saturated carbocycles. The van der Waals surface area contributed by atoms with Gasteiger partial charge in [0.25, 0.3) is 0 Å². The molecule has 0 aromatic heterocycles. The fourth-order valence-corrected chi connectivity index (χ4v) is 8.15. The normalized spacial score (nSPS) is 12.1. The van der Waals surface area contributed by atoms with Gasteiger partial charge in [-0.1, -0.05) is 91.8 Å². The highest BCUT2D eigenvalue weighted by molar-refractivity contribution is 7.05. The molecule has 3 heteroatoms. The first-order chi connectivity index (χ1) is 9.88. The standard InChI is InChI=1S/C18H22O2Si/c1-18(2,3)21(14-17(19)20,15-10-6-4-7-11-15)16-12-8-5-9-13-16/h4-13H,14H2,1-3H3,(H,19,20). The van der Waals surface area contributed by atoms with Gasteiger partial charge in [0, 0.05) is 6.04 Å². The van der Waals surface area contributed by atoms with Crippen LogP contribution in [0.15, 0.2) is 60.7 Å². The molecular weight excluding hydrogens is 276 g/mol. The van der Waals surface area contributed by atoms with Crippen molar-refractivity contribution in [2.75, 3.05) is 0 Å². The van der Waals surface area contributed by atoms with E-state index in [1.807, 2.05) is 36.4 Å². The molecular formula is C18H22O2Si. The van der Waals surface area contributed by atoms with Crippen molar-refractivity contribution < 1.29 is 9.90 Å². The number of hydrogen-bond acceptors (Lipinski definition) is 1. The number of carboxylic acids is 1. The van der Waals surface area contributed by atoms with Crippen LogP contribution in [0, 0.1) is 0 Å². The molecule has 0 amide bonds. The second-order valence-corrected chi connectivity index (χ2v) is 11.3. The monoisotopic (exact) mass is 298 g/mol. The van der Waals surface area contributed by atoms with Gasteiger partial charge in [-0.3, -0.25) is 4.79 Å². The molecule has 2 nitrogen and oxygen atoms in total. The van der Waals surface area contributed by atoms with E-state index in [-0.39, 0.29) is 11.1 Å². The SMILES string of the molecule is CC(C)(C)[Si](CC(=O)O)(c1ccccc1)c1ccccc1. The van der Waals surface area contributed by atoms with Crippen LogP contribution in [-0.4, -0.2) is 19.1 Å². The Labute approximate surface area is 127 Å². The van der Waals surface area contributed by atoms with Crippen molar-refractivity contribution in [1.29, 1.82) is 0 Å². The van der Waals surface area contributed by atoms with Crippen LogP contribution < -0.4 is 10.4 Å². The van der Waals surface area contributed by atoms with E-state index in [4.69, 9.17) is 0 Å². The lowest BCUT2D eigenvalue weighted by Gasteiger charge is -2.43. The number of hydrogen-bond donors (Lipinski definition) is 1. The molecule has 21 heavy (non-hydrogen) atoms. The maximum atomic E-state index is 11.6. The molecule has 1 N–H and O–H groups in total. The molecule has 0 fully saturated rings. The molecule has 0 atom stereocenters. The molecule has 110 valence electrons. The van der Waals surface area contributed by atoms with E-state index in [0.29, 0.717) is 0 Å². The van der Waals surface area contributed by atoms with Gasteiger partial charge in [0.15, 0.2) is 0 Å². The first kappa shape index (κ1) is 15.5. The molecule has 0 saturated heterocycles. The zero-order valence-electron chi connectivity index (χ0n) is 12.8. The molecule has 0 bridgehead atoms. The summed E-state index contributed by atoms with van der Waals surface area (Å²) < 4.78 is 0. The van der Waals surface area contributed by atoms with E-state index in [1.165, 1.54) is 10.4 Å². The van der Waals surface area contributed by atoms with E-state index in [2.05, 4.69) is 45.0 Å². The largest absolute Gasteiger partial charge is 0.481 e. The summed E-state index contributed by atoms with van der Waals surface area (Å²) in [5, 5.41) is 11.9. The molecule has 0 unspecified atom stereocenters. The third kappa shape index (κ3) is 2.93. The van der Waals surface area contributed by atoms with Crippen LogP contribution in [0.2, 0.25) is 11.1 Å². The molecule has 0 heterocycles. The van der Waals surface area contributed by atoms with E-state index in [1.54, 1.807) is 0 Å². The zero-order chi connectivity index (χ0) is 15.5. The van der Waals surface area contributed by atoms with Crippen LogP contribution in [0.1, 0.15) is 20.8 Å². The smallest absolute Gasteiger partial charge is 0.301 e. The number of carbonyl (C=O) groups is 1. The Morgan fingerprint density at radius 2 is 1.29 bits per heavy atom. The fourth-order valence-electron chi connectivity index (χ4n) is 3.17. The molecule has 0 spiro atoms. The minimum Gasteiger partial charge on any atom is -0.481 e.